The number of carboxylic acid groups (broad SMARTS) is 1. The van der Waals surface area contributed by atoms with Crippen molar-refractivity contribution in [1.29, 1.82) is 0 Å². The van der Waals surface area contributed by atoms with Crippen LogP contribution in [0.1, 0.15) is 23.3 Å². The standard InChI is InChI=1S/C21H21N3OS.CH2O2/c25-21(22-18-13-24-10-8-15(18)9-11-24)20-17-7-6-16(12-19(17)26-23-20)14-4-2-1-3-5-14;2-1-3/h1-7,12,15,18H,8-11,13H2,(H,22,25);1H,(H,2,3)/t18-;/m0./s1. The maximum Gasteiger partial charge on any atom is 0.290 e. The number of aromatic nitrogens is 1. The molecule has 3 aliphatic heterocycles. The number of nitrogens with one attached hydrogen (secondary N) is 1. The summed E-state index contributed by atoms with van der Waals surface area (Å²) in [5.41, 5.74) is 2.91. The van der Waals surface area contributed by atoms with Gasteiger partial charge in [-0.2, -0.15) is 4.37 Å². The van der Waals surface area contributed by atoms with Crippen molar-refractivity contribution in [2.75, 3.05) is 19.6 Å². The summed E-state index contributed by atoms with van der Waals surface area (Å²) in [7, 11) is 0. The lowest BCUT2D eigenvalue weighted by Gasteiger charge is -2.44. The molecule has 6 rings (SSSR count). The highest BCUT2D eigenvalue weighted by Gasteiger charge is 2.35. The van der Waals surface area contributed by atoms with Gasteiger partial charge in [-0.05, 0) is 60.6 Å². The van der Waals surface area contributed by atoms with Gasteiger partial charge in [-0.25, -0.2) is 0 Å². The predicted molar refractivity (Wildman–Crippen MR) is 114 cm³/mol. The molecular formula is C22H23N3O3S. The topological polar surface area (TPSA) is 82.5 Å². The number of nitrogens with zero attached hydrogens (tertiary/aromatic N) is 2. The Morgan fingerprint density at radius 2 is 1.86 bits per heavy atom. The van der Waals surface area contributed by atoms with E-state index >= 15 is 0 Å². The minimum Gasteiger partial charge on any atom is -0.483 e. The van der Waals surface area contributed by atoms with Crippen LogP contribution in [0.25, 0.3) is 21.2 Å². The maximum atomic E-state index is 12.8. The Morgan fingerprint density at radius 1 is 1.14 bits per heavy atom. The smallest absolute Gasteiger partial charge is 0.290 e. The number of piperidine rings is 3. The first-order chi connectivity index (χ1) is 14.2. The molecule has 0 spiro atoms. The normalized spacial score (nSPS) is 22.6. The Bertz CT molecular complexity index is 997. The van der Waals surface area contributed by atoms with E-state index in [4.69, 9.17) is 9.90 Å². The summed E-state index contributed by atoms with van der Waals surface area (Å²) < 4.78 is 5.53. The molecule has 1 amide bonds. The van der Waals surface area contributed by atoms with Gasteiger partial charge in [0.2, 0.25) is 0 Å². The molecule has 3 aliphatic rings. The van der Waals surface area contributed by atoms with Crippen molar-refractivity contribution < 1.29 is 14.7 Å². The van der Waals surface area contributed by atoms with Gasteiger partial charge in [-0.15, -0.1) is 0 Å². The van der Waals surface area contributed by atoms with Crippen molar-refractivity contribution in [2.24, 2.45) is 5.92 Å². The van der Waals surface area contributed by atoms with E-state index in [2.05, 4.69) is 38.9 Å². The largest absolute Gasteiger partial charge is 0.483 e. The third kappa shape index (κ3) is 4.16. The average Bonchev–Trinajstić information content (AvgIpc) is 3.19. The van der Waals surface area contributed by atoms with Crippen LogP contribution in [-0.4, -0.2) is 52.4 Å². The maximum absolute atomic E-state index is 12.8. The highest BCUT2D eigenvalue weighted by atomic mass is 32.1. The third-order valence-corrected chi connectivity index (χ3v) is 6.58. The molecule has 150 valence electrons. The van der Waals surface area contributed by atoms with Crippen molar-refractivity contribution in [3.05, 3.63) is 54.2 Å². The van der Waals surface area contributed by atoms with Gasteiger partial charge < -0.3 is 15.3 Å². The second kappa shape index (κ2) is 8.71. The first kappa shape index (κ1) is 19.5. The second-order valence-electron chi connectivity index (χ2n) is 7.43. The summed E-state index contributed by atoms with van der Waals surface area (Å²) in [6.45, 7) is 3.09. The van der Waals surface area contributed by atoms with Gasteiger partial charge in [0, 0.05) is 18.0 Å². The molecule has 0 radical (unpaired) electrons. The minimum atomic E-state index is -0.250. The Hall–Kier alpha value is -2.77. The van der Waals surface area contributed by atoms with E-state index in [1.165, 1.54) is 43.0 Å². The van der Waals surface area contributed by atoms with Crippen molar-refractivity contribution in [1.82, 2.24) is 14.6 Å². The number of carbonyl (C=O) groups excluding carboxylic acids is 1. The van der Waals surface area contributed by atoms with E-state index in [-0.39, 0.29) is 18.4 Å². The van der Waals surface area contributed by atoms with E-state index in [0.717, 1.165) is 22.2 Å². The molecule has 7 heteroatoms. The van der Waals surface area contributed by atoms with Crippen LogP contribution in [0.5, 0.6) is 0 Å². The molecule has 0 saturated carbocycles. The van der Waals surface area contributed by atoms with Crippen LogP contribution in [-0.2, 0) is 4.79 Å². The van der Waals surface area contributed by atoms with Crippen LogP contribution in [0.15, 0.2) is 48.5 Å². The van der Waals surface area contributed by atoms with Crippen molar-refractivity contribution >= 4 is 34.0 Å². The van der Waals surface area contributed by atoms with Gasteiger partial charge in [0.15, 0.2) is 0 Å². The molecule has 3 aromatic rings. The van der Waals surface area contributed by atoms with Crippen LogP contribution in [0, 0.1) is 5.92 Å². The van der Waals surface area contributed by atoms with Crippen LogP contribution in [0.2, 0.25) is 0 Å². The summed E-state index contributed by atoms with van der Waals surface area (Å²) in [6, 6.07) is 16.8. The van der Waals surface area contributed by atoms with Gasteiger partial charge in [-0.3, -0.25) is 9.59 Å². The number of hydrogen-bond acceptors (Lipinski definition) is 5. The molecule has 2 bridgehead atoms. The number of fused-ring (bicyclic) bond motifs is 4. The molecule has 3 fully saturated rings. The molecular weight excluding hydrogens is 386 g/mol. The third-order valence-electron chi connectivity index (χ3n) is 5.77. The van der Waals surface area contributed by atoms with E-state index in [1.807, 2.05) is 24.3 Å². The molecule has 6 nitrogen and oxygen atoms in total. The zero-order valence-corrected chi connectivity index (χ0v) is 16.8. The minimum absolute atomic E-state index is 0.0255. The molecule has 2 N–H and O–H groups in total. The second-order valence-corrected chi connectivity index (χ2v) is 8.24. The van der Waals surface area contributed by atoms with Crippen LogP contribution in [0.4, 0.5) is 0 Å². The summed E-state index contributed by atoms with van der Waals surface area (Å²) in [4.78, 5) is 23.6. The zero-order chi connectivity index (χ0) is 20.2. The van der Waals surface area contributed by atoms with Crippen LogP contribution < -0.4 is 5.32 Å². The van der Waals surface area contributed by atoms with Gasteiger partial charge in [0.1, 0.15) is 5.69 Å². The Labute approximate surface area is 173 Å². The fourth-order valence-electron chi connectivity index (χ4n) is 4.28. The van der Waals surface area contributed by atoms with E-state index in [0.29, 0.717) is 11.6 Å². The Morgan fingerprint density at radius 3 is 2.52 bits per heavy atom. The first-order valence-electron chi connectivity index (χ1n) is 9.75. The Kier molecular flexibility index (Phi) is 5.87. The molecule has 0 unspecified atom stereocenters. The lowest BCUT2D eigenvalue weighted by atomic mass is 9.84. The van der Waals surface area contributed by atoms with Gasteiger partial charge in [-0.1, -0.05) is 42.5 Å². The highest BCUT2D eigenvalue weighted by molar-refractivity contribution is 7.13. The fraction of sp³-hybridized carbons (Fsp3) is 0.318. The first-order valence-corrected chi connectivity index (χ1v) is 10.5. The number of rotatable bonds is 3. The Balaban J connectivity index is 0.000000645. The fourth-order valence-corrected chi connectivity index (χ4v) is 5.09. The molecule has 3 saturated heterocycles. The van der Waals surface area contributed by atoms with Crippen molar-refractivity contribution in [2.45, 2.75) is 18.9 Å². The highest BCUT2D eigenvalue weighted by Crippen LogP contribution is 2.30. The average molecular weight is 410 g/mol. The summed E-state index contributed by atoms with van der Waals surface area (Å²) in [6.07, 6.45) is 2.40. The molecule has 4 heterocycles. The van der Waals surface area contributed by atoms with E-state index in [9.17, 15) is 4.79 Å². The van der Waals surface area contributed by atoms with Gasteiger partial charge in [0.25, 0.3) is 12.4 Å². The van der Waals surface area contributed by atoms with E-state index in [1.54, 1.807) is 0 Å². The van der Waals surface area contributed by atoms with Crippen LogP contribution in [0.3, 0.4) is 0 Å². The monoisotopic (exact) mass is 409 g/mol. The van der Waals surface area contributed by atoms with Gasteiger partial charge in [0.05, 0.1) is 4.70 Å². The van der Waals surface area contributed by atoms with Crippen molar-refractivity contribution in [3.63, 3.8) is 0 Å². The lowest BCUT2D eigenvalue weighted by molar-refractivity contribution is -0.122. The van der Waals surface area contributed by atoms with Gasteiger partial charge >= 0.3 is 0 Å². The SMILES string of the molecule is O=C(N[C@H]1CN2CCC1CC2)c1nsc2cc(-c3ccccc3)ccc12.O=CO. The molecule has 0 aliphatic carbocycles. The number of benzene rings is 2. The number of carbonyl (C=O) groups is 2. The molecule has 1 atom stereocenters. The molecule has 29 heavy (non-hydrogen) atoms. The quantitative estimate of drug-likeness (QED) is 0.647. The summed E-state index contributed by atoms with van der Waals surface area (Å²) in [5.74, 6) is 0.598. The van der Waals surface area contributed by atoms with Crippen LogP contribution >= 0.6 is 11.5 Å². The van der Waals surface area contributed by atoms with Crippen molar-refractivity contribution in [3.8, 4) is 11.1 Å². The molecule has 1 aromatic heterocycles. The predicted octanol–water partition coefficient (Wildman–Crippen LogP) is 3.49. The summed E-state index contributed by atoms with van der Waals surface area (Å²) in [5, 5.41) is 11.1. The van der Waals surface area contributed by atoms with E-state index < -0.39 is 0 Å². The number of amides is 1. The number of hydrogen-bond donors (Lipinski definition) is 2. The zero-order valence-electron chi connectivity index (χ0n) is 16.0. The molecule has 2 aromatic carbocycles. The summed E-state index contributed by atoms with van der Waals surface area (Å²) >= 11 is 1.41. The lowest BCUT2D eigenvalue weighted by Crippen LogP contribution is -2.57.